The van der Waals surface area contributed by atoms with Crippen LogP contribution in [0.25, 0.3) is 0 Å². The van der Waals surface area contributed by atoms with Gasteiger partial charge in [-0.05, 0) is 56.1 Å². The molecule has 0 radical (unpaired) electrons. The first-order chi connectivity index (χ1) is 13.3. The van der Waals surface area contributed by atoms with Crippen molar-refractivity contribution < 1.29 is 4.79 Å². The molecular weight excluding hydrogens is 350 g/mol. The third-order valence-corrected chi connectivity index (χ3v) is 4.57. The van der Waals surface area contributed by atoms with E-state index in [1.807, 2.05) is 14.1 Å². The molecule has 0 spiro atoms. The zero-order valence-corrected chi connectivity index (χ0v) is 17.9. The van der Waals surface area contributed by atoms with Gasteiger partial charge in [-0.2, -0.15) is 0 Å². The molecule has 2 rings (SSSR count). The Balaban J connectivity index is 2.18. The van der Waals surface area contributed by atoms with Gasteiger partial charge in [-0.1, -0.05) is 45.9 Å². The van der Waals surface area contributed by atoms with E-state index in [0.29, 0.717) is 30.0 Å². The summed E-state index contributed by atoms with van der Waals surface area (Å²) in [4.78, 5) is 23.3. The van der Waals surface area contributed by atoms with Crippen molar-refractivity contribution in [1.29, 1.82) is 0 Å². The molecule has 6 heteroatoms. The van der Waals surface area contributed by atoms with E-state index in [1.165, 1.54) is 11.1 Å². The quantitative estimate of drug-likeness (QED) is 0.637. The predicted molar refractivity (Wildman–Crippen MR) is 115 cm³/mol. The summed E-state index contributed by atoms with van der Waals surface area (Å²) in [5, 5.41) is 6.29. The molecule has 0 fully saturated rings. The third-order valence-electron chi connectivity index (χ3n) is 4.57. The summed E-state index contributed by atoms with van der Waals surface area (Å²) in [6.07, 6.45) is 2.52. The fourth-order valence-corrected chi connectivity index (χ4v) is 3.04. The van der Waals surface area contributed by atoms with E-state index in [-0.39, 0.29) is 5.91 Å². The highest BCUT2D eigenvalue weighted by molar-refractivity contribution is 5.92. The van der Waals surface area contributed by atoms with E-state index in [9.17, 15) is 4.79 Å². The number of hydrogen-bond acceptors (Lipinski definition) is 5. The molecule has 0 atom stereocenters. The molecule has 6 nitrogen and oxygen atoms in total. The van der Waals surface area contributed by atoms with Gasteiger partial charge in [0.1, 0.15) is 5.69 Å². The number of aromatic nitrogens is 2. The van der Waals surface area contributed by atoms with Crippen LogP contribution >= 0.6 is 0 Å². The molecule has 152 valence electrons. The Morgan fingerprint density at radius 3 is 2.29 bits per heavy atom. The fraction of sp³-hybridized carbons (Fsp3) is 0.500. The van der Waals surface area contributed by atoms with E-state index < -0.39 is 0 Å². The summed E-state index contributed by atoms with van der Waals surface area (Å²) >= 11 is 0. The van der Waals surface area contributed by atoms with Crippen molar-refractivity contribution in [3.63, 3.8) is 0 Å². The van der Waals surface area contributed by atoms with Crippen molar-refractivity contribution in [2.24, 2.45) is 0 Å². The zero-order chi connectivity index (χ0) is 20.7. The second kappa shape index (κ2) is 10.2. The van der Waals surface area contributed by atoms with Crippen LogP contribution in [0.15, 0.2) is 30.5 Å². The van der Waals surface area contributed by atoms with E-state index in [0.717, 1.165) is 18.7 Å². The summed E-state index contributed by atoms with van der Waals surface area (Å²) < 4.78 is 0. The van der Waals surface area contributed by atoms with Crippen LogP contribution in [-0.2, 0) is 0 Å². The standard InChI is InChI=1S/C22H33N5O/c1-15(2)17-9-7-10-18(16(3)4)20(17)26-22-24-13-11-19(25-22)21(28)23-12-8-14-27(5)6/h7,9-11,13,15-16H,8,12,14H2,1-6H3,(H,23,28)(H,24,25,26). The molecule has 28 heavy (non-hydrogen) atoms. The third kappa shape index (κ3) is 6.02. The number of anilines is 2. The Bertz CT molecular complexity index is 760. The highest BCUT2D eigenvalue weighted by Crippen LogP contribution is 2.33. The minimum atomic E-state index is -0.176. The van der Waals surface area contributed by atoms with Gasteiger partial charge in [0, 0.05) is 18.4 Å². The van der Waals surface area contributed by atoms with E-state index in [4.69, 9.17) is 0 Å². The van der Waals surface area contributed by atoms with Crippen LogP contribution in [0.5, 0.6) is 0 Å². The molecule has 0 saturated heterocycles. The van der Waals surface area contributed by atoms with Crippen LogP contribution in [0.1, 0.15) is 67.6 Å². The maximum atomic E-state index is 12.4. The number of amides is 1. The molecule has 1 heterocycles. The number of benzene rings is 1. The zero-order valence-electron chi connectivity index (χ0n) is 17.9. The smallest absolute Gasteiger partial charge is 0.270 e. The molecule has 1 aromatic carbocycles. The van der Waals surface area contributed by atoms with E-state index >= 15 is 0 Å². The number of rotatable bonds is 9. The van der Waals surface area contributed by atoms with Crippen LogP contribution < -0.4 is 10.6 Å². The lowest BCUT2D eigenvalue weighted by Gasteiger charge is -2.20. The van der Waals surface area contributed by atoms with Crippen molar-refractivity contribution in [2.75, 3.05) is 32.5 Å². The Morgan fingerprint density at radius 2 is 1.71 bits per heavy atom. The molecule has 1 amide bonds. The first-order valence-corrected chi connectivity index (χ1v) is 9.95. The molecule has 0 aliphatic heterocycles. The highest BCUT2D eigenvalue weighted by Gasteiger charge is 2.16. The van der Waals surface area contributed by atoms with Gasteiger partial charge < -0.3 is 15.5 Å². The molecule has 1 aromatic heterocycles. The molecule has 0 aliphatic carbocycles. The van der Waals surface area contributed by atoms with E-state index in [2.05, 4.69) is 71.4 Å². The Morgan fingerprint density at radius 1 is 1.07 bits per heavy atom. The maximum absolute atomic E-state index is 12.4. The second-order valence-electron chi connectivity index (χ2n) is 7.92. The highest BCUT2D eigenvalue weighted by atomic mass is 16.1. The summed E-state index contributed by atoms with van der Waals surface area (Å²) in [5.41, 5.74) is 3.84. The van der Waals surface area contributed by atoms with Crippen LogP contribution in [0, 0.1) is 0 Å². The summed E-state index contributed by atoms with van der Waals surface area (Å²) in [5.74, 6) is 0.995. The summed E-state index contributed by atoms with van der Waals surface area (Å²) in [6, 6.07) is 7.98. The van der Waals surface area contributed by atoms with Gasteiger partial charge in [0.2, 0.25) is 5.95 Å². The minimum absolute atomic E-state index is 0.176. The SMILES string of the molecule is CC(C)c1cccc(C(C)C)c1Nc1nccc(C(=O)NCCCN(C)C)n1. The Hall–Kier alpha value is -2.47. The molecule has 0 aliphatic rings. The monoisotopic (exact) mass is 383 g/mol. The second-order valence-corrected chi connectivity index (χ2v) is 7.92. The van der Waals surface area contributed by atoms with Gasteiger partial charge in [0.25, 0.3) is 5.91 Å². The molecule has 2 N–H and O–H groups in total. The van der Waals surface area contributed by atoms with E-state index in [1.54, 1.807) is 12.3 Å². The van der Waals surface area contributed by atoms with Gasteiger partial charge in [-0.15, -0.1) is 0 Å². The topological polar surface area (TPSA) is 70.2 Å². The number of carbonyl (C=O) groups is 1. The van der Waals surface area contributed by atoms with Crippen LogP contribution in [-0.4, -0.2) is 48.0 Å². The minimum Gasteiger partial charge on any atom is -0.351 e. The van der Waals surface area contributed by atoms with Crippen LogP contribution in [0.3, 0.4) is 0 Å². The van der Waals surface area contributed by atoms with Crippen molar-refractivity contribution in [1.82, 2.24) is 20.2 Å². The lowest BCUT2D eigenvalue weighted by Crippen LogP contribution is -2.28. The first-order valence-electron chi connectivity index (χ1n) is 9.95. The number of carbonyl (C=O) groups excluding carboxylic acids is 1. The van der Waals surface area contributed by atoms with Gasteiger partial charge in [-0.25, -0.2) is 9.97 Å². The van der Waals surface area contributed by atoms with Gasteiger partial charge in [0.15, 0.2) is 0 Å². The normalized spacial score (nSPS) is 11.3. The average Bonchev–Trinajstić information content (AvgIpc) is 2.65. The van der Waals surface area contributed by atoms with Crippen LogP contribution in [0.4, 0.5) is 11.6 Å². The fourth-order valence-electron chi connectivity index (χ4n) is 3.04. The largest absolute Gasteiger partial charge is 0.351 e. The maximum Gasteiger partial charge on any atom is 0.270 e. The van der Waals surface area contributed by atoms with Crippen molar-refractivity contribution in [2.45, 2.75) is 46.0 Å². The van der Waals surface area contributed by atoms with Gasteiger partial charge >= 0.3 is 0 Å². The van der Waals surface area contributed by atoms with Gasteiger partial charge in [0.05, 0.1) is 0 Å². The van der Waals surface area contributed by atoms with Crippen molar-refractivity contribution in [3.8, 4) is 0 Å². The lowest BCUT2D eigenvalue weighted by atomic mass is 9.93. The van der Waals surface area contributed by atoms with Gasteiger partial charge in [-0.3, -0.25) is 4.79 Å². The molecule has 2 aromatic rings. The number of hydrogen-bond donors (Lipinski definition) is 2. The number of nitrogens with zero attached hydrogens (tertiary/aromatic N) is 3. The first kappa shape index (κ1) is 21.8. The lowest BCUT2D eigenvalue weighted by molar-refractivity contribution is 0.0947. The molecule has 0 unspecified atom stereocenters. The summed E-state index contributed by atoms with van der Waals surface area (Å²) in [6.45, 7) is 10.2. The number of para-hydroxylation sites is 1. The van der Waals surface area contributed by atoms with Crippen molar-refractivity contribution >= 4 is 17.5 Å². The Kier molecular flexibility index (Phi) is 7.93. The predicted octanol–water partition coefficient (Wildman–Crippen LogP) is 4.15. The Labute approximate surface area is 168 Å². The molecule has 0 saturated carbocycles. The van der Waals surface area contributed by atoms with Crippen molar-refractivity contribution in [3.05, 3.63) is 47.3 Å². The molecule has 0 bridgehead atoms. The molecular formula is C22H33N5O. The summed E-state index contributed by atoms with van der Waals surface area (Å²) in [7, 11) is 4.04. The average molecular weight is 384 g/mol. The number of nitrogens with one attached hydrogen (secondary N) is 2. The van der Waals surface area contributed by atoms with Crippen LogP contribution in [0.2, 0.25) is 0 Å².